The Labute approximate surface area is 147 Å². The van der Waals surface area contributed by atoms with Crippen LogP contribution in [0.2, 0.25) is 0 Å². The van der Waals surface area contributed by atoms with Crippen molar-refractivity contribution in [1.29, 1.82) is 0 Å². The van der Waals surface area contributed by atoms with E-state index in [0.29, 0.717) is 26.4 Å². The minimum atomic E-state index is -0.561. The first-order chi connectivity index (χ1) is 12.3. The Morgan fingerprint density at radius 1 is 1.08 bits per heavy atom. The molecule has 25 heavy (non-hydrogen) atoms. The maximum atomic E-state index is 12.4. The van der Waals surface area contributed by atoms with Crippen molar-refractivity contribution in [2.24, 2.45) is 0 Å². The van der Waals surface area contributed by atoms with Crippen molar-refractivity contribution in [3.63, 3.8) is 0 Å². The summed E-state index contributed by atoms with van der Waals surface area (Å²) in [5.74, 6) is -0.170. The first kappa shape index (κ1) is 17.6. The molecule has 3 rings (SSSR count). The lowest BCUT2D eigenvalue weighted by molar-refractivity contribution is -0.148. The highest BCUT2D eigenvalue weighted by Gasteiger charge is 2.25. The molecule has 0 spiro atoms. The van der Waals surface area contributed by atoms with Gasteiger partial charge in [-0.3, -0.25) is 4.79 Å². The summed E-state index contributed by atoms with van der Waals surface area (Å²) in [7, 11) is 0. The molecule has 5 nitrogen and oxygen atoms in total. The minimum absolute atomic E-state index is 0.170. The van der Waals surface area contributed by atoms with Crippen LogP contribution in [0.15, 0.2) is 60.7 Å². The predicted molar refractivity (Wildman–Crippen MR) is 94.0 cm³/mol. The monoisotopic (exact) mass is 341 g/mol. The van der Waals surface area contributed by atoms with E-state index >= 15 is 0 Å². The molecule has 0 radical (unpaired) electrons. The number of ether oxygens (including phenoxy) is 3. The highest BCUT2D eigenvalue weighted by atomic mass is 16.6. The molecule has 5 heteroatoms. The zero-order valence-corrected chi connectivity index (χ0v) is 14.1. The topological polar surface area (TPSA) is 56.8 Å². The first-order valence-electron chi connectivity index (χ1n) is 8.49. The molecule has 1 N–H and O–H groups in total. The molecule has 1 heterocycles. The zero-order valence-electron chi connectivity index (χ0n) is 14.1. The zero-order chi connectivity index (χ0) is 17.3. The van der Waals surface area contributed by atoms with E-state index < -0.39 is 6.10 Å². The van der Waals surface area contributed by atoms with Gasteiger partial charge in [0.15, 0.2) is 6.10 Å². The van der Waals surface area contributed by atoms with Gasteiger partial charge in [-0.15, -0.1) is 0 Å². The van der Waals surface area contributed by atoms with Crippen molar-refractivity contribution in [3.05, 3.63) is 71.8 Å². The maximum absolute atomic E-state index is 12.4. The number of hydrogen-bond donors (Lipinski definition) is 1. The quantitative estimate of drug-likeness (QED) is 0.841. The van der Waals surface area contributed by atoms with Crippen molar-refractivity contribution in [1.82, 2.24) is 5.32 Å². The summed E-state index contributed by atoms with van der Waals surface area (Å²) in [5, 5.41) is 3.02. The van der Waals surface area contributed by atoms with Gasteiger partial charge < -0.3 is 19.5 Å². The second kappa shape index (κ2) is 9.32. The van der Waals surface area contributed by atoms with Gasteiger partial charge in [0, 0.05) is 0 Å². The molecular formula is C20H23NO4. The van der Waals surface area contributed by atoms with Crippen molar-refractivity contribution in [2.75, 3.05) is 26.4 Å². The molecule has 1 aliphatic heterocycles. The summed E-state index contributed by atoms with van der Waals surface area (Å²) in [6.45, 7) is 2.16. The molecule has 2 aromatic rings. The molecule has 1 saturated heterocycles. The van der Waals surface area contributed by atoms with Gasteiger partial charge in [0.1, 0.15) is 0 Å². The molecule has 0 aliphatic carbocycles. The van der Waals surface area contributed by atoms with Crippen LogP contribution < -0.4 is 5.32 Å². The molecule has 1 amide bonds. The van der Waals surface area contributed by atoms with E-state index in [0.717, 1.165) is 11.1 Å². The fourth-order valence-electron chi connectivity index (χ4n) is 2.68. The third kappa shape index (κ3) is 5.39. The Balaban J connectivity index is 1.60. The van der Waals surface area contributed by atoms with Crippen LogP contribution in [-0.2, 0) is 25.6 Å². The minimum Gasteiger partial charge on any atom is -0.376 e. The van der Waals surface area contributed by atoms with Gasteiger partial charge in [0.05, 0.1) is 39.1 Å². The molecule has 0 saturated carbocycles. The van der Waals surface area contributed by atoms with Crippen LogP contribution in [0.1, 0.15) is 17.2 Å². The average molecular weight is 341 g/mol. The van der Waals surface area contributed by atoms with Gasteiger partial charge in [-0.25, -0.2) is 0 Å². The van der Waals surface area contributed by atoms with Crippen molar-refractivity contribution >= 4 is 5.91 Å². The number of rotatable bonds is 7. The highest BCUT2D eigenvalue weighted by molar-refractivity contribution is 5.81. The van der Waals surface area contributed by atoms with Crippen molar-refractivity contribution in [3.8, 4) is 0 Å². The largest absolute Gasteiger partial charge is 0.376 e. The summed E-state index contributed by atoms with van der Waals surface area (Å²) >= 11 is 0. The number of nitrogens with one attached hydrogen (secondary N) is 1. The second-order valence-electron chi connectivity index (χ2n) is 5.91. The summed E-state index contributed by atoms with van der Waals surface area (Å²) in [6.07, 6.45) is -0.561. The lowest BCUT2D eigenvalue weighted by Gasteiger charge is -2.25. The molecule has 1 fully saturated rings. The van der Waals surface area contributed by atoms with Gasteiger partial charge in [0.25, 0.3) is 5.91 Å². The van der Waals surface area contributed by atoms with Crippen LogP contribution in [0, 0.1) is 0 Å². The van der Waals surface area contributed by atoms with Crippen molar-refractivity contribution < 1.29 is 19.0 Å². The molecule has 2 unspecified atom stereocenters. The summed E-state index contributed by atoms with van der Waals surface area (Å²) < 4.78 is 16.6. The fraction of sp³-hybridized carbons (Fsp3) is 0.350. The lowest BCUT2D eigenvalue weighted by Crippen LogP contribution is -2.44. The fourth-order valence-corrected chi connectivity index (χ4v) is 2.68. The van der Waals surface area contributed by atoms with Gasteiger partial charge in [-0.05, 0) is 11.1 Å². The van der Waals surface area contributed by atoms with E-state index in [2.05, 4.69) is 5.32 Å². The van der Waals surface area contributed by atoms with Crippen LogP contribution >= 0.6 is 0 Å². The summed E-state index contributed by atoms with van der Waals surface area (Å²) in [5.41, 5.74) is 2.10. The van der Waals surface area contributed by atoms with Gasteiger partial charge in [-0.1, -0.05) is 60.7 Å². The first-order valence-corrected chi connectivity index (χ1v) is 8.49. The Kier molecular flexibility index (Phi) is 6.56. The third-order valence-electron chi connectivity index (χ3n) is 4.02. The van der Waals surface area contributed by atoms with Gasteiger partial charge >= 0.3 is 0 Å². The molecule has 132 valence electrons. The Hall–Kier alpha value is -2.21. The Morgan fingerprint density at radius 3 is 2.48 bits per heavy atom. The summed E-state index contributed by atoms with van der Waals surface area (Å²) in [4.78, 5) is 12.4. The van der Waals surface area contributed by atoms with Crippen LogP contribution in [-0.4, -0.2) is 38.4 Å². The standard InChI is InChI=1S/C20H23NO4/c22-20(19-15-23-11-12-25-19)21-18(17-9-5-2-6-10-17)14-24-13-16-7-3-1-4-8-16/h1-10,18-19H,11-15H2,(H,21,22). The van der Waals surface area contributed by atoms with Gasteiger partial charge in [-0.2, -0.15) is 0 Å². The van der Waals surface area contributed by atoms with Gasteiger partial charge in [0.2, 0.25) is 0 Å². The summed E-state index contributed by atoms with van der Waals surface area (Å²) in [6, 6.07) is 19.6. The van der Waals surface area contributed by atoms with E-state index in [1.54, 1.807) is 0 Å². The molecule has 0 bridgehead atoms. The van der Waals surface area contributed by atoms with E-state index in [-0.39, 0.29) is 18.6 Å². The number of benzene rings is 2. The molecule has 2 atom stereocenters. The molecule has 1 aliphatic rings. The number of carbonyl (C=O) groups is 1. The molecular weight excluding hydrogens is 318 g/mol. The second-order valence-corrected chi connectivity index (χ2v) is 5.91. The number of carbonyl (C=O) groups excluding carboxylic acids is 1. The smallest absolute Gasteiger partial charge is 0.252 e. The number of hydrogen-bond acceptors (Lipinski definition) is 4. The Morgan fingerprint density at radius 2 is 1.80 bits per heavy atom. The maximum Gasteiger partial charge on any atom is 0.252 e. The Bertz CT molecular complexity index is 641. The van der Waals surface area contributed by atoms with E-state index in [4.69, 9.17) is 14.2 Å². The number of amides is 1. The molecule has 0 aromatic heterocycles. The normalized spacial score (nSPS) is 18.5. The van der Waals surface area contributed by atoms with Crippen LogP contribution in [0.25, 0.3) is 0 Å². The van der Waals surface area contributed by atoms with Crippen LogP contribution in [0.3, 0.4) is 0 Å². The van der Waals surface area contributed by atoms with Crippen molar-refractivity contribution in [2.45, 2.75) is 18.8 Å². The third-order valence-corrected chi connectivity index (χ3v) is 4.02. The highest BCUT2D eigenvalue weighted by Crippen LogP contribution is 2.15. The van der Waals surface area contributed by atoms with Crippen LogP contribution in [0.5, 0.6) is 0 Å². The van der Waals surface area contributed by atoms with E-state index in [1.807, 2.05) is 60.7 Å². The van der Waals surface area contributed by atoms with Crippen LogP contribution in [0.4, 0.5) is 0 Å². The lowest BCUT2D eigenvalue weighted by atomic mass is 10.1. The SMILES string of the molecule is O=C(NC(COCc1ccccc1)c1ccccc1)C1COCCO1. The predicted octanol–water partition coefficient (Wildman–Crippen LogP) is 2.48. The van der Waals surface area contributed by atoms with E-state index in [1.165, 1.54) is 0 Å². The van der Waals surface area contributed by atoms with E-state index in [9.17, 15) is 4.79 Å². The molecule has 2 aromatic carbocycles. The average Bonchev–Trinajstić information content (AvgIpc) is 2.69.